The molecule has 0 bridgehead atoms. The lowest BCUT2D eigenvalue weighted by Gasteiger charge is -2.08. The summed E-state index contributed by atoms with van der Waals surface area (Å²) in [5, 5.41) is 3.43. The molecule has 0 saturated heterocycles. The first-order valence-corrected chi connectivity index (χ1v) is 19.6. The number of nitrogens with zero attached hydrogens (tertiary/aromatic N) is 2. The summed E-state index contributed by atoms with van der Waals surface area (Å²) in [5.41, 5.74) is 16.5. The molecule has 8 aromatic carbocycles. The standard InChI is InChI=1S/C52H32N2OS/c1-2-9-33(10-3-1)34-19-21-35(22-20-34)38-11-6-13-40(29-38)41-27-28-48-46(31-41)50-52(56-48)49(53-32-54-50)42-14-7-12-39(30-42)36-23-25-37(26-24-36)43-16-8-17-45-44-15-4-5-18-47(44)55-51(43)45/h1-32H. The summed E-state index contributed by atoms with van der Waals surface area (Å²) < 4.78 is 8.62. The van der Waals surface area contributed by atoms with E-state index in [1.165, 1.54) is 38.1 Å². The molecule has 3 heterocycles. The second-order valence-electron chi connectivity index (χ2n) is 14.2. The van der Waals surface area contributed by atoms with Crippen molar-refractivity contribution in [2.45, 2.75) is 0 Å². The first kappa shape index (κ1) is 32.3. The molecule has 3 nitrogen and oxygen atoms in total. The number of rotatable bonds is 6. The highest BCUT2D eigenvalue weighted by Crippen LogP contribution is 2.41. The van der Waals surface area contributed by atoms with Crippen LogP contribution in [0.1, 0.15) is 0 Å². The molecular weight excluding hydrogens is 701 g/mol. The molecule has 56 heavy (non-hydrogen) atoms. The molecule has 4 heteroatoms. The van der Waals surface area contributed by atoms with Crippen molar-refractivity contribution >= 4 is 53.6 Å². The van der Waals surface area contributed by atoms with E-state index >= 15 is 0 Å². The zero-order valence-electron chi connectivity index (χ0n) is 30.2. The van der Waals surface area contributed by atoms with Crippen molar-refractivity contribution in [3.8, 4) is 66.9 Å². The highest BCUT2D eigenvalue weighted by molar-refractivity contribution is 7.26. The summed E-state index contributed by atoms with van der Waals surface area (Å²) in [7, 11) is 0. The summed E-state index contributed by atoms with van der Waals surface area (Å²) in [4.78, 5) is 9.68. The summed E-state index contributed by atoms with van der Waals surface area (Å²) in [5.74, 6) is 0. The Morgan fingerprint density at radius 2 is 0.911 bits per heavy atom. The molecule has 0 amide bonds. The average molecular weight is 733 g/mol. The maximum Gasteiger partial charge on any atom is 0.143 e. The highest BCUT2D eigenvalue weighted by Gasteiger charge is 2.16. The van der Waals surface area contributed by atoms with Crippen molar-refractivity contribution in [3.05, 3.63) is 194 Å². The number of furan rings is 1. The van der Waals surface area contributed by atoms with Gasteiger partial charge in [-0.05, 0) is 80.4 Å². The molecule has 11 aromatic rings. The molecule has 0 unspecified atom stereocenters. The van der Waals surface area contributed by atoms with Crippen molar-refractivity contribution in [2.24, 2.45) is 0 Å². The van der Waals surface area contributed by atoms with Crippen molar-refractivity contribution in [1.82, 2.24) is 9.97 Å². The monoisotopic (exact) mass is 732 g/mol. The first-order chi connectivity index (χ1) is 27.7. The molecule has 0 N–H and O–H groups in total. The number of benzene rings is 8. The van der Waals surface area contributed by atoms with Crippen LogP contribution >= 0.6 is 11.3 Å². The number of hydrogen-bond donors (Lipinski definition) is 0. The summed E-state index contributed by atoms with van der Waals surface area (Å²) in [6.45, 7) is 0. The lowest BCUT2D eigenvalue weighted by molar-refractivity contribution is 0.670. The molecule has 0 atom stereocenters. The quantitative estimate of drug-likeness (QED) is 0.171. The minimum Gasteiger partial charge on any atom is -0.455 e. The van der Waals surface area contributed by atoms with Crippen molar-refractivity contribution in [3.63, 3.8) is 0 Å². The molecule has 0 radical (unpaired) electrons. The van der Waals surface area contributed by atoms with E-state index in [0.29, 0.717) is 0 Å². The number of thiophene rings is 1. The van der Waals surface area contributed by atoms with Gasteiger partial charge in [0.2, 0.25) is 0 Å². The van der Waals surface area contributed by atoms with E-state index in [2.05, 4.69) is 176 Å². The third-order valence-electron chi connectivity index (χ3n) is 10.8. The summed E-state index contributed by atoms with van der Waals surface area (Å²) >= 11 is 1.76. The van der Waals surface area contributed by atoms with Crippen LogP contribution in [0.25, 0.3) is 109 Å². The Labute approximate surface area is 327 Å². The van der Waals surface area contributed by atoms with E-state index in [-0.39, 0.29) is 0 Å². The van der Waals surface area contributed by atoms with Crippen LogP contribution in [0, 0.1) is 0 Å². The van der Waals surface area contributed by atoms with Crippen LogP contribution in [0.5, 0.6) is 0 Å². The summed E-state index contributed by atoms with van der Waals surface area (Å²) in [6.07, 6.45) is 1.70. The maximum absolute atomic E-state index is 6.33. The van der Waals surface area contributed by atoms with Gasteiger partial charge in [-0.25, -0.2) is 9.97 Å². The summed E-state index contributed by atoms with van der Waals surface area (Å²) in [6, 6.07) is 66.9. The number of aromatic nitrogens is 2. The zero-order valence-corrected chi connectivity index (χ0v) is 31.0. The van der Waals surface area contributed by atoms with Gasteiger partial charge in [0.05, 0.1) is 15.9 Å². The van der Waals surface area contributed by atoms with Gasteiger partial charge in [0.25, 0.3) is 0 Å². The van der Waals surface area contributed by atoms with Gasteiger partial charge in [-0.2, -0.15) is 0 Å². The molecule has 0 saturated carbocycles. The van der Waals surface area contributed by atoms with Crippen LogP contribution in [0.2, 0.25) is 0 Å². The molecule has 11 rings (SSSR count). The Morgan fingerprint density at radius 3 is 1.68 bits per heavy atom. The smallest absolute Gasteiger partial charge is 0.143 e. The molecule has 0 aliphatic heterocycles. The van der Waals surface area contributed by atoms with Gasteiger partial charge >= 0.3 is 0 Å². The van der Waals surface area contributed by atoms with Gasteiger partial charge in [-0.15, -0.1) is 11.3 Å². The Balaban J connectivity index is 0.903. The number of hydrogen-bond acceptors (Lipinski definition) is 4. The molecule has 3 aromatic heterocycles. The van der Waals surface area contributed by atoms with Crippen molar-refractivity contribution in [1.29, 1.82) is 0 Å². The minimum absolute atomic E-state index is 0.910. The fraction of sp³-hybridized carbons (Fsp3) is 0. The fourth-order valence-corrected chi connectivity index (χ4v) is 9.14. The van der Waals surface area contributed by atoms with Crippen LogP contribution in [0.15, 0.2) is 199 Å². The highest BCUT2D eigenvalue weighted by atomic mass is 32.1. The first-order valence-electron chi connectivity index (χ1n) is 18.8. The van der Waals surface area contributed by atoms with Crippen molar-refractivity contribution < 1.29 is 4.42 Å². The molecular formula is C52H32N2OS. The lowest BCUT2D eigenvalue weighted by atomic mass is 9.96. The van der Waals surface area contributed by atoms with Crippen LogP contribution < -0.4 is 0 Å². The van der Waals surface area contributed by atoms with E-state index in [0.717, 1.165) is 71.1 Å². The van der Waals surface area contributed by atoms with Gasteiger partial charge in [0.1, 0.15) is 17.5 Å². The van der Waals surface area contributed by atoms with E-state index in [9.17, 15) is 0 Å². The molecule has 0 spiro atoms. The van der Waals surface area contributed by atoms with Gasteiger partial charge in [-0.3, -0.25) is 0 Å². The topological polar surface area (TPSA) is 38.9 Å². The lowest BCUT2D eigenvalue weighted by Crippen LogP contribution is -1.87. The van der Waals surface area contributed by atoms with Gasteiger partial charge < -0.3 is 4.42 Å². The third kappa shape index (κ3) is 5.58. The molecule has 262 valence electrons. The van der Waals surface area contributed by atoms with E-state index < -0.39 is 0 Å². The second-order valence-corrected chi connectivity index (χ2v) is 15.2. The average Bonchev–Trinajstić information content (AvgIpc) is 3.85. The maximum atomic E-state index is 6.33. The Hall–Kier alpha value is -7.14. The van der Waals surface area contributed by atoms with E-state index in [1.807, 2.05) is 12.1 Å². The van der Waals surface area contributed by atoms with Crippen LogP contribution in [-0.4, -0.2) is 9.97 Å². The Kier molecular flexibility index (Phi) is 7.68. The van der Waals surface area contributed by atoms with Crippen LogP contribution in [0.4, 0.5) is 0 Å². The Bertz CT molecular complexity index is 3230. The second kappa shape index (κ2) is 13.3. The van der Waals surface area contributed by atoms with Gasteiger partial charge in [0, 0.05) is 32.0 Å². The van der Waals surface area contributed by atoms with E-state index in [1.54, 1.807) is 17.7 Å². The third-order valence-corrected chi connectivity index (χ3v) is 12.0. The molecule has 0 fully saturated rings. The predicted octanol–water partition coefficient (Wildman–Crippen LogP) is 14.7. The SMILES string of the molecule is c1ccc(-c2ccc(-c3cccc(-c4ccc5sc6c(-c7cccc(-c8ccc(-c9cccc%10c9oc9ccccc9%10)cc8)c7)ncnc6c5c4)c3)cc2)cc1. The normalized spacial score (nSPS) is 11.6. The number of fused-ring (bicyclic) bond motifs is 6. The Morgan fingerprint density at radius 1 is 0.375 bits per heavy atom. The van der Waals surface area contributed by atoms with Gasteiger partial charge in [0.15, 0.2) is 0 Å². The van der Waals surface area contributed by atoms with Crippen LogP contribution in [0.3, 0.4) is 0 Å². The van der Waals surface area contributed by atoms with Crippen LogP contribution in [-0.2, 0) is 0 Å². The number of para-hydroxylation sites is 2. The largest absolute Gasteiger partial charge is 0.455 e. The minimum atomic E-state index is 0.910. The van der Waals surface area contributed by atoms with E-state index in [4.69, 9.17) is 14.4 Å². The zero-order chi connectivity index (χ0) is 37.0. The molecule has 0 aliphatic carbocycles. The fourth-order valence-electron chi connectivity index (χ4n) is 7.99. The van der Waals surface area contributed by atoms with Crippen molar-refractivity contribution in [2.75, 3.05) is 0 Å². The molecule has 0 aliphatic rings. The van der Waals surface area contributed by atoms with Gasteiger partial charge in [-0.1, -0.05) is 158 Å². The predicted molar refractivity (Wildman–Crippen MR) is 235 cm³/mol.